The molecule has 162 valence electrons. The Kier molecular flexibility index (Phi) is 6.31. The lowest BCUT2D eigenvalue weighted by atomic mass is 10.2. The zero-order valence-corrected chi connectivity index (χ0v) is 17.6. The van der Waals surface area contributed by atoms with E-state index in [4.69, 9.17) is 18.7 Å². The minimum atomic E-state index is -0.318. The topological polar surface area (TPSA) is 95.7 Å². The Morgan fingerprint density at radius 2 is 1.66 bits per heavy atom. The van der Waals surface area contributed by atoms with Crippen LogP contribution in [0.1, 0.15) is 0 Å². The smallest absolute Gasteiger partial charge is 0.262 e. The molecule has 0 unspecified atom stereocenters. The Morgan fingerprint density at radius 3 is 2.38 bits per heavy atom. The molecule has 0 aliphatic heterocycles. The maximum atomic E-state index is 12.3. The molecule has 3 aromatic carbocycles. The first-order chi connectivity index (χ1) is 15.7. The van der Waals surface area contributed by atoms with Crippen molar-refractivity contribution in [1.29, 1.82) is 0 Å². The minimum absolute atomic E-state index is 0.159. The molecule has 0 atom stereocenters. The zero-order chi connectivity index (χ0) is 22.3. The van der Waals surface area contributed by atoms with Crippen molar-refractivity contribution in [1.82, 2.24) is 10.1 Å². The van der Waals surface area contributed by atoms with Crippen LogP contribution in [0.5, 0.6) is 17.2 Å². The van der Waals surface area contributed by atoms with Gasteiger partial charge in [0.25, 0.3) is 11.8 Å². The van der Waals surface area contributed by atoms with Crippen LogP contribution in [0.25, 0.3) is 22.8 Å². The summed E-state index contributed by atoms with van der Waals surface area (Å²) in [7, 11) is 3.08. The van der Waals surface area contributed by atoms with Crippen molar-refractivity contribution in [2.75, 3.05) is 26.1 Å². The number of aromatic nitrogens is 2. The molecule has 0 saturated heterocycles. The van der Waals surface area contributed by atoms with E-state index in [0.29, 0.717) is 34.7 Å². The number of rotatable bonds is 8. The predicted octanol–water partition coefficient (Wildman–Crippen LogP) is 4.44. The van der Waals surface area contributed by atoms with E-state index < -0.39 is 0 Å². The minimum Gasteiger partial charge on any atom is -0.497 e. The normalized spacial score (nSPS) is 10.4. The van der Waals surface area contributed by atoms with E-state index in [1.165, 1.54) is 7.11 Å². The molecular weight excluding hydrogens is 410 g/mol. The Balaban J connectivity index is 1.35. The second kappa shape index (κ2) is 9.65. The van der Waals surface area contributed by atoms with E-state index in [2.05, 4.69) is 15.5 Å². The van der Waals surface area contributed by atoms with Gasteiger partial charge in [-0.25, -0.2) is 0 Å². The highest BCUT2D eigenvalue weighted by Gasteiger charge is 2.12. The molecule has 0 saturated carbocycles. The summed E-state index contributed by atoms with van der Waals surface area (Å²) in [6, 6.07) is 21.8. The largest absolute Gasteiger partial charge is 0.497 e. The lowest BCUT2D eigenvalue weighted by Gasteiger charge is -2.12. The number of anilines is 1. The molecule has 1 amide bonds. The highest BCUT2D eigenvalue weighted by atomic mass is 16.5. The summed E-state index contributed by atoms with van der Waals surface area (Å²) in [4.78, 5) is 16.7. The molecule has 1 heterocycles. The van der Waals surface area contributed by atoms with Gasteiger partial charge in [0.05, 0.1) is 19.9 Å². The van der Waals surface area contributed by atoms with Crippen LogP contribution in [-0.2, 0) is 4.79 Å². The Labute approximate surface area is 184 Å². The van der Waals surface area contributed by atoms with Gasteiger partial charge in [-0.3, -0.25) is 4.79 Å². The van der Waals surface area contributed by atoms with Gasteiger partial charge in [0.15, 0.2) is 6.61 Å². The van der Waals surface area contributed by atoms with Gasteiger partial charge in [-0.15, -0.1) is 0 Å². The summed E-state index contributed by atoms with van der Waals surface area (Å²) >= 11 is 0. The second-order valence-corrected chi connectivity index (χ2v) is 6.72. The Bertz CT molecular complexity index is 1190. The molecule has 1 aromatic heterocycles. The summed E-state index contributed by atoms with van der Waals surface area (Å²) in [6.45, 7) is -0.159. The molecule has 0 spiro atoms. The summed E-state index contributed by atoms with van der Waals surface area (Å²) < 4.78 is 21.4. The summed E-state index contributed by atoms with van der Waals surface area (Å²) in [6.07, 6.45) is 0. The van der Waals surface area contributed by atoms with Gasteiger partial charge in [0, 0.05) is 17.2 Å². The molecule has 0 aliphatic carbocycles. The Hall–Kier alpha value is -4.33. The molecule has 0 radical (unpaired) electrons. The van der Waals surface area contributed by atoms with Crippen molar-refractivity contribution in [2.45, 2.75) is 0 Å². The van der Waals surface area contributed by atoms with Gasteiger partial charge in [-0.2, -0.15) is 4.98 Å². The van der Waals surface area contributed by atoms with Gasteiger partial charge in [-0.05, 0) is 36.4 Å². The summed E-state index contributed by atoms with van der Waals surface area (Å²) in [5, 5.41) is 6.78. The predicted molar refractivity (Wildman–Crippen MR) is 119 cm³/mol. The molecular formula is C24H21N3O5. The molecule has 32 heavy (non-hydrogen) atoms. The van der Waals surface area contributed by atoms with Crippen molar-refractivity contribution >= 4 is 11.6 Å². The van der Waals surface area contributed by atoms with E-state index >= 15 is 0 Å². The lowest BCUT2D eigenvalue weighted by molar-refractivity contribution is -0.118. The number of nitrogens with zero attached hydrogens (tertiary/aromatic N) is 2. The lowest BCUT2D eigenvalue weighted by Crippen LogP contribution is -2.20. The number of benzene rings is 3. The van der Waals surface area contributed by atoms with E-state index in [1.54, 1.807) is 49.6 Å². The number of nitrogens with one attached hydrogen (secondary N) is 1. The van der Waals surface area contributed by atoms with Gasteiger partial charge >= 0.3 is 0 Å². The molecule has 0 bridgehead atoms. The average Bonchev–Trinajstić information content (AvgIpc) is 3.34. The second-order valence-electron chi connectivity index (χ2n) is 6.72. The van der Waals surface area contributed by atoms with Gasteiger partial charge in [-0.1, -0.05) is 35.5 Å². The number of methoxy groups -OCH3 is 2. The third-order valence-corrected chi connectivity index (χ3v) is 4.61. The van der Waals surface area contributed by atoms with Crippen molar-refractivity contribution in [2.24, 2.45) is 0 Å². The fourth-order valence-electron chi connectivity index (χ4n) is 2.98. The highest BCUT2D eigenvalue weighted by Crippen LogP contribution is 2.29. The van der Waals surface area contributed by atoms with Gasteiger partial charge in [0.1, 0.15) is 17.2 Å². The van der Waals surface area contributed by atoms with Gasteiger partial charge in [0.2, 0.25) is 5.82 Å². The first-order valence-electron chi connectivity index (χ1n) is 9.80. The number of carbonyl (C=O) groups excluding carboxylic acids is 1. The fourth-order valence-corrected chi connectivity index (χ4v) is 2.98. The van der Waals surface area contributed by atoms with Crippen molar-refractivity contribution in [3.8, 4) is 40.1 Å². The summed E-state index contributed by atoms with van der Waals surface area (Å²) in [5.41, 5.74) is 2.16. The molecule has 0 fully saturated rings. The van der Waals surface area contributed by atoms with Crippen LogP contribution in [0.4, 0.5) is 5.69 Å². The molecule has 0 aliphatic rings. The van der Waals surface area contributed by atoms with E-state index in [9.17, 15) is 4.79 Å². The van der Waals surface area contributed by atoms with Crippen LogP contribution >= 0.6 is 0 Å². The zero-order valence-electron chi connectivity index (χ0n) is 17.6. The van der Waals surface area contributed by atoms with E-state index in [1.807, 2.05) is 30.3 Å². The maximum Gasteiger partial charge on any atom is 0.262 e. The van der Waals surface area contributed by atoms with Crippen molar-refractivity contribution < 1.29 is 23.5 Å². The van der Waals surface area contributed by atoms with Crippen LogP contribution in [0.3, 0.4) is 0 Å². The first-order valence-corrected chi connectivity index (χ1v) is 9.80. The van der Waals surface area contributed by atoms with Crippen LogP contribution in [0, 0.1) is 0 Å². The van der Waals surface area contributed by atoms with Crippen LogP contribution < -0.4 is 19.5 Å². The molecule has 8 nitrogen and oxygen atoms in total. The first kappa shape index (κ1) is 20.9. The monoisotopic (exact) mass is 431 g/mol. The standard InChI is InChI=1S/C24H21N3O5/c1-29-19-12-13-20(21(14-19)30-2)25-22(28)15-31-18-10-8-17(9-11-18)24-26-23(27-32-24)16-6-4-3-5-7-16/h3-14H,15H2,1-2H3,(H,25,28). The third-order valence-electron chi connectivity index (χ3n) is 4.61. The van der Waals surface area contributed by atoms with E-state index in [-0.39, 0.29) is 12.5 Å². The number of hydrogen-bond acceptors (Lipinski definition) is 7. The third kappa shape index (κ3) is 4.86. The molecule has 4 aromatic rings. The molecule has 4 rings (SSSR count). The quantitative estimate of drug-likeness (QED) is 0.441. The van der Waals surface area contributed by atoms with Crippen LogP contribution in [-0.4, -0.2) is 36.9 Å². The maximum absolute atomic E-state index is 12.3. The van der Waals surface area contributed by atoms with Crippen LogP contribution in [0.2, 0.25) is 0 Å². The van der Waals surface area contributed by atoms with Crippen molar-refractivity contribution in [3.63, 3.8) is 0 Å². The summed E-state index contributed by atoms with van der Waals surface area (Å²) in [5.74, 6) is 2.27. The number of amides is 1. The number of hydrogen-bond donors (Lipinski definition) is 1. The SMILES string of the molecule is COc1ccc(NC(=O)COc2ccc(-c3nc(-c4ccccc4)no3)cc2)c(OC)c1. The number of carbonyl (C=O) groups is 1. The van der Waals surface area contributed by atoms with Gasteiger partial charge < -0.3 is 24.1 Å². The molecule has 1 N–H and O–H groups in total. The Morgan fingerprint density at radius 1 is 0.906 bits per heavy atom. The molecule has 8 heteroatoms. The number of ether oxygens (including phenoxy) is 3. The highest BCUT2D eigenvalue weighted by molar-refractivity contribution is 5.93. The van der Waals surface area contributed by atoms with Crippen LogP contribution in [0.15, 0.2) is 77.3 Å². The average molecular weight is 431 g/mol. The van der Waals surface area contributed by atoms with Crippen molar-refractivity contribution in [3.05, 3.63) is 72.8 Å². The fraction of sp³-hybridized carbons (Fsp3) is 0.125. The van der Waals surface area contributed by atoms with E-state index in [0.717, 1.165) is 11.1 Å².